The lowest BCUT2D eigenvalue weighted by Gasteiger charge is -2.14. The van der Waals surface area contributed by atoms with E-state index in [1.807, 2.05) is 13.8 Å². The fourth-order valence-corrected chi connectivity index (χ4v) is 1.08. The third-order valence-electron chi connectivity index (χ3n) is 2.25. The highest BCUT2D eigenvalue weighted by molar-refractivity contribution is 5.94. The van der Waals surface area contributed by atoms with E-state index in [0.29, 0.717) is 0 Å². The Hall–Kier alpha value is -1.49. The predicted octanol–water partition coefficient (Wildman–Crippen LogP) is 0.967. The summed E-state index contributed by atoms with van der Waals surface area (Å²) in [6.45, 7) is 3.77. The number of nitrogens with one attached hydrogen (secondary N) is 1. The Labute approximate surface area is 93.5 Å². The predicted molar refractivity (Wildman–Crippen MR) is 57.4 cm³/mol. The Balaban J connectivity index is 2.57. The molecule has 1 heterocycles. The summed E-state index contributed by atoms with van der Waals surface area (Å²) in [6.07, 6.45) is 0.637. The van der Waals surface area contributed by atoms with Crippen LogP contribution in [0.3, 0.4) is 0 Å². The van der Waals surface area contributed by atoms with Gasteiger partial charge >= 0.3 is 0 Å². The van der Waals surface area contributed by atoms with Crippen LogP contribution >= 0.6 is 0 Å². The molecule has 0 aromatic carbocycles. The molecule has 2 N–H and O–H groups in total. The molecule has 0 aliphatic carbocycles. The number of carbonyl (C=O) groups is 1. The smallest absolute Gasteiger partial charge is 0.256 e. The largest absolute Gasteiger partial charge is 0.391 e. The van der Waals surface area contributed by atoms with E-state index in [9.17, 15) is 14.3 Å². The van der Waals surface area contributed by atoms with Crippen molar-refractivity contribution in [1.82, 2.24) is 10.3 Å². The molecule has 88 valence electrons. The number of rotatable bonds is 4. The topological polar surface area (TPSA) is 62.2 Å². The van der Waals surface area contributed by atoms with E-state index >= 15 is 0 Å². The highest BCUT2D eigenvalue weighted by Crippen LogP contribution is 2.04. The zero-order valence-corrected chi connectivity index (χ0v) is 9.27. The Morgan fingerprint density at radius 3 is 2.88 bits per heavy atom. The first kappa shape index (κ1) is 12.6. The summed E-state index contributed by atoms with van der Waals surface area (Å²) in [5, 5.41) is 11.9. The van der Waals surface area contributed by atoms with Gasteiger partial charge in [-0.05, 0) is 18.1 Å². The third-order valence-corrected chi connectivity index (χ3v) is 2.25. The van der Waals surface area contributed by atoms with Crippen LogP contribution in [0.1, 0.15) is 24.2 Å². The number of hydrogen-bond donors (Lipinski definition) is 2. The summed E-state index contributed by atoms with van der Waals surface area (Å²) < 4.78 is 13.1. The van der Waals surface area contributed by atoms with E-state index in [4.69, 9.17) is 0 Å². The van der Waals surface area contributed by atoms with Gasteiger partial charge in [-0.2, -0.15) is 4.39 Å². The van der Waals surface area contributed by atoms with E-state index in [1.165, 1.54) is 18.3 Å². The standard InChI is InChI=1S/C11H15FN2O2/c1-7(2)9(15)6-14-11(16)8-4-3-5-13-10(8)12/h3-5,7,9,15H,6H2,1-2H3,(H,14,16). The Kier molecular flexibility index (Phi) is 4.37. The van der Waals surface area contributed by atoms with Gasteiger partial charge in [-0.25, -0.2) is 4.98 Å². The van der Waals surface area contributed by atoms with E-state index in [0.717, 1.165) is 0 Å². The summed E-state index contributed by atoms with van der Waals surface area (Å²) in [7, 11) is 0. The Morgan fingerprint density at radius 1 is 1.62 bits per heavy atom. The van der Waals surface area contributed by atoms with Crippen LogP contribution in [0.2, 0.25) is 0 Å². The first-order chi connectivity index (χ1) is 7.52. The molecular weight excluding hydrogens is 211 g/mol. The van der Waals surface area contributed by atoms with Gasteiger partial charge in [-0.3, -0.25) is 4.79 Å². The highest BCUT2D eigenvalue weighted by atomic mass is 19.1. The zero-order valence-electron chi connectivity index (χ0n) is 9.27. The Bertz CT molecular complexity index is 369. The van der Waals surface area contributed by atoms with Crippen molar-refractivity contribution in [2.24, 2.45) is 5.92 Å². The number of hydrogen-bond acceptors (Lipinski definition) is 3. The van der Waals surface area contributed by atoms with E-state index in [1.54, 1.807) is 0 Å². The van der Waals surface area contributed by atoms with Gasteiger partial charge < -0.3 is 10.4 Å². The molecule has 0 aliphatic heterocycles. The van der Waals surface area contributed by atoms with Crippen LogP contribution in [-0.4, -0.2) is 28.6 Å². The lowest BCUT2D eigenvalue weighted by atomic mass is 10.1. The van der Waals surface area contributed by atoms with Crippen LogP contribution in [0, 0.1) is 11.9 Å². The molecule has 1 unspecified atom stereocenters. The van der Waals surface area contributed by atoms with Gasteiger partial charge in [0.15, 0.2) is 0 Å². The number of aromatic nitrogens is 1. The van der Waals surface area contributed by atoms with Crippen molar-refractivity contribution in [3.63, 3.8) is 0 Å². The molecule has 0 aliphatic rings. The van der Waals surface area contributed by atoms with Crippen LogP contribution in [0.25, 0.3) is 0 Å². The summed E-state index contributed by atoms with van der Waals surface area (Å²) >= 11 is 0. The maximum atomic E-state index is 13.1. The SMILES string of the molecule is CC(C)C(O)CNC(=O)c1cccnc1F. The first-order valence-corrected chi connectivity index (χ1v) is 5.09. The quantitative estimate of drug-likeness (QED) is 0.752. The van der Waals surface area contributed by atoms with Crippen molar-refractivity contribution in [2.75, 3.05) is 6.54 Å². The van der Waals surface area contributed by atoms with Gasteiger partial charge in [0.2, 0.25) is 5.95 Å². The molecule has 4 nitrogen and oxygen atoms in total. The number of aliphatic hydroxyl groups is 1. The second kappa shape index (κ2) is 5.55. The third kappa shape index (κ3) is 3.27. The lowest BCUT2D eigenvalue weighted by Crippen LogP contribution is -2.35. The van der Waals surface area contributed by atoms with Crippen molar-refractivity contribution >= 4 is 5.91 Å². The fraction of sp³-hybridized carbons (Fsp3) is 0.455. The van der Waals surface area contributed by atoms with Crippen molar-refractivity contribution in [2.45, 2.75) is 20.0 Å². The van der Waals surface area contributed by atoms with Crippen LogP contribution in [0.15, 0.2) is 18.3 Å². The van der Waals surface area contributed by atoms with Crippen molar-refractivity contribution in [3.8, 4) is 0 Å². The van der Waals surface area contributed by atoms with Crippen LogP contribution in [-0.2, 0) is 0 Å². The first-order valence-electron chi connectivity index (χ1n) is 5.09. The molecule has 1 aromatic heterocycles. The molecule has 0 fully saturated rings. The molecular formula is C11H15FN2O2. The van der Waals surface area contributed by atoms with Gasteiger partial charge in [-0.1, -0.05) is 13.8 Å². The van der Waals surface area contributed by atoms with Crippen molar-refractivity contribution < 1.29 is 14.3 Å². The molecule has 0 spiro atoms. The highest BCUT2D eigenvalue weighted by Gasteiger charge is 2.14. The fourth-order valence-electron chi connectivity index (χ4n) is 1.08. The van der Waals surface area contributed by atoms with Gasteiger partial charge in [-0.15, -0.1) is 0 Å². The van der Waals surface area contributed by atoms with Crippen LogP contribution in [0.5, 0.6) is 0 Å². The lowest BCUT2D eigenvalue weighted by molar-refractivity contribution is 0.0867. The number of aliphatic hydroxyl groups excluding tert-OH is 1. The maximum Gasteiger partial charge on any atom is 0.256 e. The molecule has 0 radical (unpaired) electrons. The molecule has 1 atom stereocenters. The second-order valence-corrected chi connectivity index (χ2v) is 3.86. The molecule has 5 heteroatoms. The van der Waals surface area contributed by atoms with E-state index in [-0.39, 0.29) is 18.0 Å². The Morgan fingerprint density at radius 2 is 2.31 bits per heavy atom. The molecule has 0 saturated carbocycles. The number of halogens is 1. The summed E-state index contributed by atoms with van der Waals surface area (Å²) in [5.74, 6) is -1.33. The monoisotopic (exact) mass is 226 g/mol. The van der Waals surface area contributed by atoms with Gasteiger partial charge in [0.05, 0.1) is 11.7 Å². The summed E-state index contributed by atoms with van der Waals surface area (Å²) in [4.78, 5) is 14.9. The average Bonchev–Trinajstić information content (AvgIpc) is 2.25. The molecule has 16 heavy (non-hydrogen) atoms. The van der Waals surface area contributed by atoms with Crippen LogP contribution < -0.4 is 5.32 Å². The number of pyridine rings is 1. The molecule has 0 bridgehead atoms. The maximum absolute atomic E-state index is 13.1. The average molecular weight is 226 g/mol. The molecule has 1 aromatic rings. The van der Waals surface area contributed by atoms with Gasteiger partial charge in [0.25, 0.3) is 5.91 Å². The number of carbonyl (C=O) groups excluding carboxylic acids is 1. The number of amides is 1. The van der Waals surface area contributed by atoms with Crippen molar-refractivity contribution in [3.05, 3.63) is 29.8 Å². The summed E-state index contributed by atoms with van der Waals surface area (Å²) in [6, 6.07) is 2.83. The minimum absolute atomic E-state index is 0.0408. The molecule has 1 amide bonds. The van der Waals surface area contributed by atoms with Gasteiger partial charge in [0, 0.05) is 12.7 Å². The number of nitrogens with zero attached hydrogens (tertiary/aromatic N) is 1. The normalized spacial score (nSPS) is 12.6. The van der Waals surface area contributed by atoms with Crippen LogP contribution in [0.4, 0.5) is 4.39 Å². The minimum atomic E-state index is -0.806. The van der Waals surface area contributed by atoms with E-state index in [2.05, 4.69) is 10.3 Å². The minimum Gasteiger partial charge on any atom is -0.391 e. The molecule has 1 rings (SSSR count). The summed E-state index contributed by atoms with van der Waals surface area (Å²) in [5.41, 5.74) is -0.113. The van der Waals surface area contributed by atoms with Gasteiger partial charge in [0.1, 0.15) is 0 Å². The molecule has 0 saturated heterocycles. The zero-order chi connectivity index (χ0) is 12.1. The second-order valence-electron chi connectivity index (χ2n) is 3.86. The van der Waals surface area contributed by atoms with E-state index < -0.39 is 18.0 Å². The van der Waals surface area contributed by atoms with Crippen molar-refractivity contribution in [1.29, 1.82) is 0 Å².